The third kappa shape index (κ3) is 3.47. The SMILES string of the molecule is COc1cc(C(C)NC2CCC(C)(C)C2)ccc1F. The van der Waals surface area contributed by atoms with Crippen LogP contribution in [0.25, 0.3) is 0 Å². The monoisotopic (exact) mass is 265 g/mol. The summed E-state index contributed by atoms with van der Waals surface area (Å²) in [5.74, 6) is 0.0124. The van der Waals surface area contributed by atoms with Crippen LogP contribution in [0.5, 0.6) is 5.75 Å². The van der Waals surface area contributed by atoms with Gasteiger partial charge in [-0.15, -0.1) is 0 Å². The van der Waals surface area contributed by atoms with E-state index < -0.39 is 0 Å². The van der Waals surface area contributed by atoms with E-state index in [2.05, 4.69) is 26.1 Å². The molecule has 0 aromatic heterocycles. The lowest BCUT2D eigenvalue weighted by Gasteiger charge is -2.22. The Bertz CT molecular complexity index is 444. The van der Waals surface area contributed by atoms with Gasteiger partial charge < -0.3 is 10.1 Å². The van der Waals surface area contributed by atoms with E-state index in [4.69, 9.17) is 4.74 Å². The summed E-state index contributed by atoms with van der Waals surface area (Å²) >= 11 is 0. The number of hydrogen-bond acceptors (Lipinski definition) is 2. The van der Waals surface area contributed by atoms with Crippen molar-refractivity contribution in [3.8, 4) is 5.75 Å². The van der Waals surface area contributed by atoms with Crippen LogP contribution >= 0.6 is 0 Å². The van der Waals surface area contributed by atoms with E-state index in [0.717, 1.165) is 5.56 Å². The molecule has 0 saturated heterocycles. The third-order valence-corrected chi connectivity index (χ3v) is 4.13. The first-order chi connectivity index (χ1) is 8.91. The first kappa shape index (κ1) is 14.3. The number of ether oxygens (including phenoxy) is 1. The van der Waals surface area contributed by atoms with E-state index in [1.165, 1.54) is 32.4 Å². The van der Waals surface area contributed by atoms with Crippen molar-refractivity contribution in [1.29, 1.82) is 0 Å². The van der Waals surface area contributed by atoms with Crippen molar-refractivity contribution in [1.82, 2.24) is 5.32 Å². The lowest BCUT2D eigenvalue weighted by molar-refractivity contribution is 0.355. The van der Waals surface area contributed by atoms with E-state index >= 15 is 0 Å². The van der Waals surface area contributed by atoms with Crippen LogP contribution in [0.4, 0.5) is 4.39 Å². The second kappa shape index (κ2) is 5.49. The maximum atomic E-state index is 13.4. The van der Waals surface area contributed by atoms with Gasteiger partial charge in [0.05, 0.1) is 7.11 Å². The molecule has 1 saturated carbocycles. The molecule has 0 bridgehead atoms. The minimum atomic E-state index is -0.305. The van der Waals surface area contributed by atoms with Crippen LogP contribution < -0.4 is 10.1 Å². The number of halogens is 1. The molecule has 2 unspecified atom stereocenters. The second-order valence-corrected chi connectivity index (χ2v) is 6.39. The van der Waals surface area contributed by atoms with Gasteiger partial charge in [0.1, 0.15) is 0 Å². The zero-order valence-corrected chi connectivity index (χ0v) is 12.3. The van der Waals surface area contributed by atoms with E-state index in [1.807, 2.05) is 6.07 Å². The van der Waals surface area contributed by atoms with Gasteiger partial charge in [-0.3, -0.25) is 0 Å². The molecule has 2 atom stereocenters. The van der Waals surface area contributed by atoms with Crippen LogP contribution in [0.1, 0.15) is 51.6 Å². The number of methoxy groups -OCH3 is 1. The molecule has 0 amide bonds. The van der Waals surface area contributed by atoms with Crippen LogP contribution in [0.3, 0.4) is 0 Å². The molecule has 0 aliphatic heterocycles. The minimum Gasteiger partial charge on any atom is -0.494 e. The zero-order chi connectivity index (χ0) is 14.0. The van der Waals surface area contributed by atoms with E-state index in [1.54, 1.807) is 6.07 Å². The summed E-state index contributed by atoms with van der Waals surface area (Å²) in [5, 5.41) is 3.64. The van der Waals surface area contributed by atoms with Crippen molar-refractivity contribution >= 4 is 0 Å². The van der Waals surface area contributed by atoms with Gasteiger partial charge in [-0.2, -0.15) is 0 Å². The average Bonchev–Trinajstić information content (AvgIpc) is 2.69. The summed E-state index contributed by atoms with van der Waals surface area (Å²) in [4.78, 5) is 0. The van der Waals surface area contributed by atoms with E-state index in [9.17, 15) is 4.39 Å². The predicted molar refractivity (Wildman–Crippen MR) is 75.9 cm³/mol. The Morgan fingerprint density at radius 2 is 2.16 bits per heavy atom. The quantitative estimate of drug-likeness (QED) is 0.886. The number of nitrogens with one attached hydrogen (secondary N) is 1. The molecular weight excluding hydrogens is 241 g/mol. The second-order valence-electron chi connectivity index (χ2n) is 6.39. The van der Waals surface area contributed by atoms with Crippen molar-refractivity contribution in [2.45, 2.75) is 52.1 Å². The molecule has 1 aliphatic rings. The molecule has 19 heavy (non-hydrogen) atoms. The summed E-state index contributed by atoms with van der Waals surface area (Å²) in [6.45, 7) is 6.76. The van der Waals surface area contributed by atoms with Gasteiger partial charge in [0.25, 0.3) is 0 Å². The van der Waals surface area contributed by atoms with E-state index in [-0.39, 0.29) is 11.9 Å². The number of benzene rings is 1. The Hall–Kier alpha value is -1.09. The summed E-state index contributed by atoms with van der Waals surface area (Å²) < 4.78 is 18.4. The Morgan fingerprint density at radius 1 is 1.42 bits per heavy atom. The van der Waals surface area contributed by atoms with Gasteiger partial charge in [0.2, 0.25) is 0 Å². The standard InChI is InChI=1S/C16H24FNO/c1-11(18-13-7-8-16(2,3)10-13)12-5-6-14(17)15(9-12)19-4/h5-6,9,11,13,18H,7-8,10H2,1-4H3. The predicted octanol–water partition coefficient (Wildman–Crippen LogP) is 4.06. The largest absolute Gasteiger partial charge is 0.494 e. The van der Waals surface area contributed by atoms with Gasteiger partial charge in [-0.1, -0.05) is 19.9 Å². The van der Waals surface area contributed by atoms with Crippen molar-refractivity contribution < 1.29 is 9.13 Å². The molecule has 106 valence electrons. The lowest BCUT2D eigenvalue weighted by atomic mass is 9.91. The highest BCUT2D eigenvalue weighted by atomic mass is 19.1. The fourth-order valence-electron chi connectivity index (χ4n) is 2.97. The summed E-state index contributed by atoms with van der Waals surface area (Å²) in [6.07, 6.45) is 3.69. The van der Waals surface area contributed by atoms with Crippen molar-refractivity contribution in [2.24, 2.45) is 5.41 Å². The number of hydrogen-bond donors (Lipinski definition) is 1. The molecule has 1 aromatic rings. The Balaban J connectivity index is 2.02. The smallest absolute Gasteiger partial charge is 0.165 e. The molecule has 1 aliphatic carbocycles. The van der Waals surface area contributed by atoms with Crippen LogP contribution in [-0.2, 0) is 0 Å². The normalized spacial score (nSPS) is 23.3. The Labute approximate surface area is 115 Å². The molecule has 0 heterocycles. The highest BCUT2D eigenvalue weighted by Gasteiger charge is 2.31. The van der Waals surface area contributed by atoms with Gasteiger partial charge in [-0.25, -0.2) is 4.39 Å². The summed E-state index contributed by atoms with van der Waals surface area (Å²) in [7, 11) is 1.50. The van der Waals surface area contributed by atoms with Gasteiger partial charge in [0, 0.05) is 12.1 Å². The third-order valence-electron chi connectivity index (χ3n) is 4.13. The fraction of sp³-hybridized carbons (Fsp3) is 0.625. The molecule has 2 rings (SSSR count). The van der Waals surface area contributed by atoms with Crippen molar-refractivity contribution in [3.63, 3.8) is 0 Å². The topological polar surface area (TPSA) is 21.3 Å². The first-order valence-electron chi connectivity index (χ1n) is 7.01. The first-order valence-corrected chi connectivity index (χ1v) is 7.01. The molecule has 1 N–H and O–H groups in total. The minimum absolute atomic E-state index is 0.216. The Kier molecular flexibility index (Phi) is 4.14. The highest BCUT2D eigenvalue weighted by Crippen LogP contribution is 2.37. The summed E-state index contributed by atoms with van der Waals surface area (Å²) in [6, 6.07) is 5.86. The molecule has 0 radical (unpaired) electrons. The molecule has 2 nitrogen and oxygen atoms in total. The van der Waals surface area contributed by atoms with Crippen LogP contribution in [0.15, 0.2) is 18.2 Å². The fourth-order valence-corrected chi connectivity index (χ4v) is 2.97. The van der Waals surface area contributed by atoms with Crippen molar-refractivity contribution in [3.05, 3.63) is 29.6 Å². The molecular formula is C16H24FNO. The van der Waals surface area contributed by atoms with Crippen LogP contribution in [0.2, 0.25) is 0 Å². The lowest BCUT2D eigenvalue weighted by Crippen LogP contribution is -2.30. The summed E-state index contributed by atoms with van der Waals surface area (Å²) in [5.41, 5.74) is 1.51. The number of rotatable bonds is 4. The van der Waals surface area contributed by atoms with Gasteiger partial charge >= 0.3 is 0 Å². The molecule has 1 aromatic carbocycles. The molecule has 3 heteroatoms. The van der Waals surface area contributed by atoms with Gasteiger partial charge in [0.15, 0.2) is 11.6 Å². The van der Waals surface area contributed by atoms with Gasteiger partial charge in [-0.05, 0) is 49.3 Å². The zero-order valence-electron chi connectivity index (χ0n) is 12.3. The average molecular weight is 265 g/mol. The molecule has 1 fully saturated rings. The maximum Gasteiger partial charge on any atom is 0.165 e. The Morgan fingerprint density at radius 3 is 2.74 bits per heavy atom. The van der Waals surface area contributed by atoms with E-state index in [0.29, 0.717) is 17.2 Å². The van der Waals surface area contributed by atoms with Crippen LogP contribution in [-0.4, -0.2) is 13.2 Å². The highest BCUT2D eigenvalue weighted by molar-refractivity contribution is 5.32. The van der Waals surface area contributed by atoms with Crippen molar-refractivity contribution in [2.75, 3.05) is 7.11 Å². The maximum absolute atomic E-state index is 13.4. The molecule has 0 spiro atoms. The van der Waals surface area contributed by atoms with Crippen LogP contribution in [0, 0.1) is 11.2 Å².